The molecule has 0 bridgehead atoms. The van der Waals surface area contributed by atoms with Gasteiger partial charge in [0, 0.05) is 12.4 Å². The minimum atomic E-state index is -1.03. The molecule has 2 heteroatoms. The molecular weight excluding hydrogens is 152 g/mol. The molecule has 2 nitrogen and oxygen atoms in total. The minimum Gasteiger partial charge on any atom is -0.550 e. The quantitative estimate of drug-likeness (QED) is 0.652. The number of rotatable bonds is 3. The predicted octanol–water partition coefficient (Wildman–Crippen LogP) is 0.541. The van der Waals surface area contributed by atoms with Crippen LogP contribution in [-0.2, 0) is 17.6 Å². The molecule has 1 aromatic carbocycles. The molecule has 0 saturated heterocycles. The largest absolute Gasteiger partial charge is 0.550 e. The van der Waals surface area contributed by atoms with Crippen molar-refractivity contribution < 1.29 is 9.90 Å². The fraction of sp³-hybridized carbons (Fsp3) is 0.300. The number of aliphatic carboxylic acids is 1. The molecule has 0 aliphatic carbocycles. The monoisotopic (exact) mass is 163 g/mol. The van der Waals surface area contributed by atoms with Gasteiger partial charge in [0.25, 0.3) is 0 Å². The summed E-state index contributed by atoms with van der Waals surface area (Å²) in [5, 5.41) is 10.2. The SMILES string of the molecule is CCc1ccc(CC(=O)[O-])cc1. The van der Waals surface area contributed by atoms with E-state index in [1.165, 1.54) is 5.56 Å². The summed E-state index contributed by atoms with van der Waals surface area (Å²) in [5.74, 6) is -1.03. The zero-order chi connectivity index (χ0) is 8.97. The van der Waals surface area contributed by atoms with Gasteiger partial charge in [-0.3, -0.25) is 0 Å². The van der Waals surface area contributed by atoms with Crippen molar-refractivity contribution in [2.75, 3.05) is 0 Å². The molecule has 0 saturated carbocycles. The standard InChI is InChI=1S/C10H12O2/c1-2-8-3-5-9(6-4-8)7-10(11)12/h3-6H,2,7H2,1H3,(H,11,12)/p-1. The summed E-state index contributed by atoms with van der Waals surface area (Å²) in [6, 6.07) is 7.54. The molecule has 0 unspecified atom stereocenters. The molecule has 12 heavy (non-hydrogen) atoms. The molecule has 0 aliphatic heterocycles. The van der Waals surface area contributed by atoms with Gasteiger partial charge in [0.15, 0.2) is 0 Å². The van der Waals surface area contributed by atoms with E-state index in [0.717, 1.165) is 12.0 Å². The minimum absolute atomic E-state index is 0.00396. The van der Waals surface area contributed by atoms with Crippen molar-refractivity contribution in [3.8, 4) is 0 Å². The maximum atomic E-state index is 10.2. The molecule has 0 N–H and O–H groups in total. The average molecular weight is 163 g/mol. The van der Waals surface area contributed by atoms with Crippen LogP contribution in [-0.4, -0.2) is 5.97 Å². The van der Waals surface area contributed by atoms with Crippen molar-refractivity contribution in [2.24, 2.45) is 0 Å². The van der Waals surface area contributed by atoms with Crippen LogP contribution in [0.2, 0.25) is 0 Å². The van der Waals surface area contributed by atoms with Crippen LogP contribution in [0.4, 0.5) is 0 Å². The van der Waals surface area contributed by atoms with Crippen LogP contribution >= 0.6 is 0 Å². The van der Waals surface area contributed by atoms with E-state index in [1.54, 1.807) is 0 Å². The van der Waals surface area contributed by atoms with E-state index in [2.05, 4.69) is 6.92 Å². The van der Waals surface area contributed by atoms with E-state index in [0.29, 0.717) is 0 Å². The van der Waals surface area contributed by atoms with Gasteiger partial charge < -0.3 is 9.90 Å². The number of hydrogen-bond acceptors (Lipinski definition) is 2. The van der Waals surface area contributed by atoms with Gasteiger partial charge in [0.1, 0.15) is 0 Å². The van der Waals surface area contributed by atoms with E-state index < -0.39 is 5.97 Å². The second-order valence-electron chi connectivity index (χ2n) is 2.72. The van der Waals surface area contributed by atoms with Crippen molar-refractivity contribution in [2.45, 2.75) is 19.8 Å². The Bertz CT molecular complexity index is 262. The van der Waals surface area contributed by atoms with Crippen molar-refractivity contribution in [3.05, 3.63) is 35.4 Å². The number of carboxylic acid groups (broad SMARTS) is 1. The second kappa shape index (κ2) is 3.90. The van der Waals surface area contributed by atoms with Gasteiger partial charge in [0.05, 0.1) is 0 Å². The lowest BCUT2D eigenvalue weighted by Gasteiger charge is -2.02. The summed E-state index contributed by atoms with van der Waals surface area (Å²) in [4.78, 5) is 10.2. The Labute approximate surface area is 71.8 Å². The molecule has 0 atom stereocenters. The first-order valence-corrected chi connectivity index (χ1v) is 4.00. The molecule has 0 spiro atoms. The summed E-state index contributed by atoms with van der Waals surface area (Å²) in [5.41, 5.74) is 2.02. The Morgan fingerprint density at radius 1 is 1.25 bits per heavy atom. The first kappa shape index (κ1) is 8.78. The van der Waals surface area contributed by atoms with Crippen molar-refractivity contribution in [1.82, 2.24) is 0 Å². The lowest BCUT2D eigenvalue weighted by Crippen LogP contribution is -2.24. The van der Waals surface area contributed by atoms with Crippen LogP contribution in [0.5, 0.6) is 0 Å². The van der Waals surface area contributed by atoms with Crippen molar-refractivity contribution in [3.63, 3.8) is 0 Å². The third-order valence-electron chi connectivity index (χ3n) is 1.78. The van der Waals surface area contributed by atoms with Gasteiger partial charge in [0.2, 0.25) is 0 Å². The molecule has 0 fully saturated rings. The van der Waals surface area contributed by atoms with E-state index in [9.17, 15) is 9.90 Å². The predicted molar refractivity (Wildman–Crippen MR) is 44.5 cm³/mol. The first-order valence-electron chi connectivity index (χ1n) is 4.00. The smallest absolute Gasteiger partial charge is 0.0458 e. The maximum absolute atomic E-state index is 10.2. The molecule has 0 aliphatic rings. The van der Waals surface area contributed by atoms with Gasteiger partial charge in [-0.15, -0.1) is 0 Å². The summed E-state index contributed by atoms with van der Waals surface area (Å²) in [6.07, 6.45) is 0.982. The zero-order valence-electron chi connectivity index (χ0n) is 7.04. The molecule has 0 amide bonds. The Kier molecular flexibility index (Phi) is 2.86. The van der Waals surface area contributed by atoms with Crippen LogP contribution in [0.1, 0.15) is 18.1 Å². The summed E-state index contributed by atoms with van der Waals surface area (Å²) >= 11 is 0. The third kappa shape index (κ3) is 2.38. The van der Waals surface area contributed by atoms with Crippen molar-refractivity contribution in [1.29, 1.82) is 0 Å². The van der Waals surface area contributed by atoms with Crippen LogP contribution in [0.25, 0.3) is 0 Å². The Hall–Kier alpha value is -1.31. The highest BCUT2D eigenvalue weighted by Crippen LogP contribution is 2.04. The summed E-state index contributed by atoms with van der Waals surface area (Å²) in [7, 11) is 0. The van der Waals surface area contributed by atoms with Crippen LogP contribution in [0, 0.1) is 0 Å². The highest BCUT2D eigenvalue weighted by molar-refractivity contribution is 5.67. The number of carboxylic acids is 1. The first-order chi connectivity index (χ1) is 5.72. The molecule has 64 valence electrons. The third-order valence-corrected chi connectivity index (χ3v) is 1.78. The number of hydrogen-bond donors (Lipinski definition) is 0. The molecule has 1 aromatic rings. The highest BCUT2D eigenvalue weighted by atomic mass is 16.4. The zero-order valence-corrected chi connectivity index (χ0v) is 7.04. The van der Waals surface area contributed by atoms with Gasteiger partial charge in [-0.2, -0.15) is 0 Å². The average Bonchev–Trinajstić information content (AvgIpc) is 2.05. The second-order valence-corrected chi connectivity index (χ2v) is 2.72. The topological polar surface area (TPSA) is 40.1 Å². The van der Waals surface area contributed by atoms with E-state index in [4.69, 9.17) is 0 Å². The lowest BCUT2D eigenvalue weighted by atomic mass is 10.1. The molecule has 0 heterocycles. The van der Waals surface area contributed by atoms with Crippen LogP contribution < -0.4 is 5.11 Å². The number of carbonyl (C=O) groups excluding carboxylic acids is 1. The van der Waals surface area contributed by atoms with Gasteiger partial charge in [-0.1, -0.05) is 31.2 Å². The fourth-order valence-electron chi connectivity index (χ4n) is 1.06. The lowest BCUT2D eigenvalue weighted by molar-refractivity contribution is -0.304. The summed E-state index contributed by atoms with van der Waals surface area (Å²) < 4.78 is 0. The molecule has 0 radical (unpaired) electrons. The number of aryl methyl sites for hydroxylation is 1. The van der Waals surface area contributed by atoms with Crippen LogP contribution in [0.3, 0.4) is 0 Å². The number of carbonyl (C=O) groups is 1. The summed E-state index contributed by atoms with van der Waals surface area (Å²) in [6.45, 7) is 2.06. The van der Waals surface area contributed by atoms with E-state index >= 15 is 0 Å². The molecular formula is C10H11O2-. The van der Waals surface area contributed by atoms with E-state index in [1.807, 2.05) is 24.3 Å². The number of benzene rings is 1. The normalized spacial score (nSPS) is 9.75. The van der Waals surface area contributed by atoms with Crippen LogP contribution in [0.15, 0.2) is 24.3 Å². The highest BCUT2D eigenvalue weighted by Gasteiger charge is 1.92. The maximum Gasteiger partial charge on any atom is 0.0458 e. The van der Waals surface area contributed by atoms with Crippen molar-refractivity contribution >= 4 is 5.97 Å². The molecule has 0 aromatic heterocycles. The van der Waals surface area contributed by atoms with Gasteiger partial charge >= 0.3 is 0 Å². The van der Waals surface area contributed by atoms with Gasteiger partial charge in [-0.25, -0.2) is 0 Å². The van der Waals surface area contributed by atoms with Gasteiger partial charge in [-0.05, 0) is 17.5 Å². The Balaban J connectivity index is 2.71. The Morgan fingerprint density at radius 2 is 1.75 bits per heavy atom. The van der Waals surface area contributed by atoms with E-state index in [-0.39, 0.29) is 6.42 Å². The fourth-order valence-corrected chi connectivity index (χ4v) is 1.06. The molecule has 1 rings (SSSR count). The Morgan fingerprint density at radius 3 is 2.17 bits per heavy atom.